The maximum Gasteiger partial charge on any atom is 0.289 e. The molecule has 0 unspecified atom stereocenters. The van der Waals surface area contributed by atoms with E-state index in [1.54, 1.807) is 12.4 Å². The molecule has 3 aromatic heterocycles. The van der Waals surface area contributed by atoms with Crippen LogP contribution in [-0.4, -0.2) is 24.7 Å². The molecule has 0 aromatic carbocycles. The predicted octanol–water partition coefficient (Wildman–Crippen LogP) is 1.50. The van der Waals surface area contributed by atoms with Crippen LogP contribution in [0.5, 0.6) is 0 Å². The lowest BCUT2D eigenvalue weighted by molar-refractivity contribution is -0.384. The lowest BCUT2D eigenvalue weighted by Crippen LogP contribution is -1.94. The zero-order valence-corrected chi connectivity index (χ0v) is 9.44. The lowest BCUT2D eigenvalue weighted by atomic mass is 10.1. The summed E-state index contributed by atoms with van der Waals surface area (Å²) in [5.74, 6) is 0. The van der Waals surface area contributed by atoms with Gasteiger partial charge < -0.3 is 0 Å². The number of nitro groups is 1. The van der Waals surface area contributed by atoms with Crippen LogP contribution in [0.25, 0.3) is 16.6 Å². The Balaban J connectivity index is 2.39. The predicted molar refractivity (Wildman–Crippen MR) is 64.1 cm³/mol. The van der Waals surface area contributed by atoms with Gasteiger partial charge in [-0.15, -0.1) is 0 Å². The van der Waals surface area contributed by atoms with E-state index >= 15 is 0 Å². The topological polar surface area (TPSA) is 113 Å². The molecule has 0 atom stereocenters. The Morgan fingerprint density at radius 2 is 2.32 bits per heavy atom. The molecule has 0 amide bonds. The van der Waals surface area contributed by atoms with E-state index in [9.17, 15) is 10.1 Å². The van der Waals surface area contributed by atoms with E-state index in [0.717, 1.165) is 0 Å². The van der Waals surface area contributed by atoms with Crippen molar-refractivity contribution in [2.45, 2.75) is 0 Å². The molecule has 0 aliphatic rings. The average molecular weight is 254 g/mol. The molecule has 0 fully saturated rings. The fourth-order valence-corrected chi connectivity index (χ4v) is 1.92. The van der Waals surface area contributed by atoms with Crippen LogP contribution >= 0.6 is 0 Å². The van der Waals surface area contributed by atoms with E-state index in [1.165, 1.54) is 23.0 Å². The van der Waals surface area contributed by atoms with Crippen LogP contribution in [0.1, 0.15) is 5.56 Å². The Hall–Kier alpha value is -3.21. The molecule has 3 heterocycles. The number of aromatic nitrogens is 4. The van der Waals surface area contributed by atoms with Crippen molar-refractivity contribution in [3.05, 3.63) is 46.5 Å². The molecule has 92 valence electrons. The summed E-state index contributed by atoms with van der Waals surface area (Å²) in [4.78, 5) is 10.3. The minimum Gasteiger partial charge on any atom is -0.285 e. The molecule has 1 N–H and O–H groups in total. The molecule has 0 aliphatic carbocycles. The Morgan fingerprint density at radius 1 is 1.47 bits per heavy atom. The smallest absolute Gasteiger partial charge is 0.285 e. The van der Waals surface area contributed by atoms with Crippen molar-refractivity contribution in [3.63, 3.8) is 0 Å². The van der Waals surface area contributed by atoms with E-state index < -0.39 is 4.92 Å². The van der Waals surface area contributed by atoms with Crippen molar-refractivity contribution in [2.24, 2.45) is 0 Å². The molecule has 0 aliphatic heterocycles. The average Bonchev–Trinajstić information content (AvgIpc) is 3.06. The zero-order chi connectivity index (χ0) is 13.4. The first-order valence-corrected chi connectivity index (χ1v) is 5.25. The lowest BCUT2D eigenvalue weighted by Gasteiger charge is -2.02. The first-order valence-electron chi connectivity index (χ1n) is 5.25. The quantitative estimate of drug-likeness (QED) is 0.550. The van der Waals surface area contributed by atoms with Crippen LogP contribution in [0.15, 0.2) is 30.9 Å². The highest BCUT2D eigenvalue weighted by molar-refractivity contribution is 5.85. The van der Waals surface area contributed by atoms with Gasteiger partial charge in [0.1, 0.15) is 12.3 Å². The Labute approximate surface area is 106 Å². The van der Waals surface area contributed by atoms with Gasteiger partial charge in [-0.1, -0.05) is 0 Å². The molecule has 0 bridgehead atoms. The summed E-state index contributed by atoms with van der Waals surface area (Å²) < 4.78 is 1.38. The van der Waals surface area contributed by atoms with Gasteiger partial charge in [-0.2, -0.15) is 15.5 Å². The van der Waals surface area contributed by atoms with Crippen LogP contribution in [-0.2, 0) is 0 Å². The van der Waals surface area contributed by atoms with E-state index in [0.29, 0.717) is 22.2 Å². The molecule has 8 nitrogen and oxygen atoms in total. The summed E-state index contributed by atoms with van der Waals surface area (Å²) in [6.07, 6.45) is 5.85. The van der Waals surface area contributed by atoms with Gasteiger partial charge in [-0.05, 0) is 0 Å². The van der Waals surface area contributed by atoms with Crippen molar-refractivity contribution < 1.29 is 4.92 Å². The fourth-order valence-electron chi connectivity index (χ4n) is 1.92. The number of nitrogens with one attached hydrogen (secondary N) is 1. The largest absolute Gasteiger partial charge is 0.289 e. The van der Waals surface area contributed by atoms with Gasteiger partial charge in [0.05, 0.1) is 28.4 Å². The van der Waals surface area contributed by atoms with Gasteiger partial charge in [0.15, 0.2) is 0 Å². The van der Waals surface area contributed by atoms with Crippen LogP contribution in [0.4, 0.5) is 5.69 Å². The molecular formula is C11H6N6O2. The number of nitrogens with zero attached hydrogens (tertiary/aromatic N) is 5. The maximum atomic E-state index is 10.8. The first kappa shape index (κ1) is 10.9. The van der Waals surface area contributed by atoms with Gasteiger partial charge in [-0.25, -0.2) is 4.52 Å². The number of rotatable bonds is 2. The normalized spacial score (nSPS) is 10.5. The molecule has 0 radical (unpaired) electrons. The van der Waals surface area contributed by atoms with Crippen LogP contribution in [0.3, 0.4) is 0 Å². The number of fused-ring (bicyclic) bond motifs is 1. The van der Waals surface area contributed by atoms with E-state index in [-0.39, 0.29) is 5.69 Å². The van der Waals surface area contributed by atoms with E-state index in [2.05, 4.69) is 15.3 Å². The highest BCUT2D eigenvalue weighted by Crippen LogP contribution is 2.29. The minimum atomic E-state index is -0.500. The van der Waals surface area contributed by atoms with Gasteiger partial charge >= 0.3 is 0 Å². The number of aromatic amines is 1. The van der Waals surface area contributed by atoms with Crippen molar-refractivity contribution in [1.82, 2.24) is 19.8 Å². The number of hydrogen-bond donors (Lipinski definition) is 1. The van der Waals surface area contributed by atoms with Gasteiger partial charge in [-0.3, -0.25) is 15.2 Å². The van der Waals surface area contributed by atoms with Crippen LogP contribution in [0.2, 0.25) is 0 Å². The molecule has 3 aromatic rings. The Kier molecular flexibility index (Phi) is 2.25. The first-order chi connectivity index (χ1) is 9.20. The van der Waals surface area contributed by atoms with Gasteiger partial charge in [0.2, 0.25) is 0 Å². The summed E-state index contributed by atoms with van der Waals surface area (Å²) in [6.45, 7) is 0. The highest BCUT2D eigenvalue weighted by Gasteiger charge is 2.17. The monoisotopic (exact) mass is 254 g/mol. The minimum absolute atomic E-state index is 0.0765. The van der Waals surface area contributed by atoms with Gasteiger partial charge in [0.25, 0.3) is 5.69 Å². The molecular weight excluding hydrogens is 248 g/mol. The second kappa shape index (κ2) is 3.92. The highest BCUT2D eigenvalue weighted by atomic mass is 16.6. The van der Waals surface area contributed by atoms with Gasteiger partial charge in [0, 0.05) is 23.4 Å². The van der Waals surface area contributed by atoms with Crippen molar-refractivity contribution in [3.8, 4) is 17.2 Å². The summed E-state index contributed by atoms with van der Waals surface area (Å²) in [7, 11) is 0. The molecule has 0 spiro atoms. The fraction of sp³-hybridized carbons (Fsp3) is 0. The third kappa shape index (κ3) is 1.61. The van der Waals surface area contributed by atoms with Crippen molar-refractivity contribution in [2.75, 3.05) is 0 Å². The molecule has 19 heavy (non-hydrogen) atoms. The maximum absolute atomic E-state index is 10.8. The number of nitriles is 1. The molecule has 0 saturated heterocycles. The Bertz CT molecular complexity index is 812. The van der Waals surface area contributed by atoms with Crippen molar-refractivity contribution in [1.29, 1.82) is 5.26 Å². The summed E-state index contributed by atoms with van der Waals surface area (Å²) in [5.41, 5.74) is 2.00. The van der Waals surface area contributed by atoms with E-state index in [4.69, 9.17) is 5.26 Å². The van der Waals surface area contributed by atoms with Crippen molar-refractivity contribution >= 4 is 11.2 Å². The number of H-pyrrole nitrogens is 1. The Morgan fingerprint density at radius 3 is 2.95 bits per heavy atom. The molecule has 3 rings (SSSR count). The second-order valence-electron chi connectivity index (χ2n) is 3.82. The zero-order valence-electron chi connectivity index (χ0n) is 9.44. The van der Waals surface area contributed by atoms with Crippen LogP contribution < -0.4 is 0 Å². The SMILES string of the molecule is N#Cc1cnn2cc([N+](=O)[O-])cc2c1-c1cn[nH]c1. The summed E-state index contributed by atoms with van der Waals surface area (Å²) in [5, 5.41) is 30.4. The third-order valence-electron chi connectivity index (χ3n) is 2.74. The third-order valence-corrected chi connectivity index (χ3v) is 2.74. The number of hydrogen-bond acceptors (Lipinski definition) is 5. The summed E-state index contributed by atoms with van der Waals surface area (Å²) >= 11 is 0. The van der Waals surface area contributed by atoms with E-state index in [1.807, 2.05) is 6.07 Å². The molecule has 8 heteroatoms. The standard InChI is InChI=1S/C11H6N6O2/c12-2-7-5-15-16-6-9(17(18)19)1-10(16)11(7)8-3-13-14-4-8/h1,3-6H,(H,13,14). The van der Waals surface area contributed by atoms with Crippen LogP contribution in [0, 0.1) is 21.4 Å². The summed E-state index contributed by atoms with van der Waals surface area (Å²) in [6, 6.07) is 3.41. The molecule has 0 saturated carbocycles. The second-order valence-corrected chi connectivity index (χ2v) is 3.82.